The molecule has 0 saturated carbocycles. The zero-order valence-electron chi connectivity index (χ0n) is 9.65. The fourth-order valence-corrected chi connectivity index (χ4v) is 1.50. The molecule has 0 N–H and O–H groups in total. The molecule has 0 unspecified atom stereocenters. The third-order valence-corrected chi connectivity index (χ3v) is 2.27. The van der Waals surface area contributed by atoms with Crippen LogP contribution in [0.5, 0.6) is 0 Å². The maximum atomic E-state index is 8.46. The van der Waals surface area contributed by atoms with Crippen molar-refractivity contribution in [1.82, 2.24) is 4.98 Å². The van der Waals surface area contributed by atoms with Gasteiger partial charge in [0.05, 0.1) is 0 Å². The molecule has 2 aromatic rings. The van der Waals surface area contributed by atoms with E-state index in [-0.39, 0.29) is 6.61 Å². The van der Waals surface area contributed by atoms with Crippen LogP contribution >= 0.6 is 0 Å². The van der Waals surface area contributed by atoms with Gasteiger partial charge in [0.1, 0.15) is 11.8 Å². The Labute approximate surface area is 105 Å². The molecule has 2 rings (SSSR count). The molecule has 1 heterocycles. The Hall–Kier alpha value is -2.67. The van der Waals surface area contributed by atoms with E-state index in [9.17, 15) is 0 Å². The van der Waals surface area contributed by atoms with Gasteiger partial charge in [-0.25, -0.2) is 0 Å². The van der Waals surface area contributed by atoms with E-state index in [0.29, 0.717) is 5.71 Å². The highest BCUT2D eigenvalue weighted by atomic mass is 16.6. The van der Waals surface area contributed by atoms with Gasteiger partial charge in [0.15, 0.2) is 0 Å². The van der Waals surface area contributed by atoms with E-state index in [4.69, 9.17) is 10.1 Å². The van der Waals surface area contributed by atoms with Crippen LogP contribution in [-0.2, 0) is 4.84 Å². The standard InChI is InChI=1S/C14H11N3O/c15-8-10-18-17-14(12-5-2-1-3-6-12)13-7-4-9-16-11-13/h1-7,9,11H,10H2. The Morgan fingerprint density at radius 1 is 1.17 bits per heavy atom. The van der Waals surface area contributed by atoms with Crippen LogP contribution in [-0.4, -0.2) is 17.3 Å². The third-order valence-electron chi connectivity index (χ3n) is 2.27. The van der Waals surface area contributed by atoms with E-state index in [0.717, 1.165) is 11.1 Å². The second-order valence-electron chi connectivity index (χ2n) is 3.48. The van der Waals surface area contributed by atoms with Crippen LogP contribution in [0.4, 0.5) is 0 Å². The second-order valence-corrected chi connectivity index (χ2v) is 3.48. The van der Waals surface area contributed by atoms with E-state index in [1.165, 1.54) is 0 Å². The zero-order chi connectivity index (χ0) is 12.6. The summed E-state index contributed by atoms with van der Waals surface area (Å²) in [4.78, 5) is 9.01. The second kappa shape index (κ2) is 6.16. The minimum absolute atomic E-state index is 0.0728. The number of hydrogen-bond donors (Lipinski definition) is 0. The van der Waals surface area contributed by atoms with Gasteiger partial charge in [0, 0.05) is 23.5 Å². The molecule has 0 bridgehead atoms. The Balaban J connectivity index is 2.36. The molecule has 18 heavy (non-hydrogen) atoms. The Bertz CT molecular complexity index is 517. The van der Waals surface area contributed by atoms with Crippen molar-refractivity contribution in [3.8, 4) is 6.07 Å². The summed E-state index contributed by atoms with van der Waals surface area (Å²) in [5.41, 5.74) is 2.43. The first kappa shape index (κ1) is 11.8. The number of nitrogens with zero attached hydrogens (tertiary/aromatic N) is 3. The highest BCUT2D eigenvalue weighted by molar-refractivity contribution is 6.12. The lowest BCUT2D eigenvalue weighted by Crippen LogP contribution is -2.04. The van der Waals surface area contributed by atoms with E-state index in [2.05, 4.69) is 10.1 Å². The molecule has 0 amide bonds. The molecule has 4 nitrogen and oxygen atoms in total. The lowest BCUT2D eigenvalue weighted by Gasteiger charge is -2.05. The topological polar surface area (TPSA) is 58.3 Å². The normalized spacial score (nSPS) is 10.7. The summed E-state index contributed by atoms with van der Waals surface area (Å²) >= 11 is 0. The molecule has 88 valence electrons. The van der Waals surface area contributed by atoms with Crippen molar-refractivity contribution in [2.45, 2.75) is 0 Å². The molecule has 0 aliphatic rings. The van der Waals surface area contributed by atoms with Crippen molar-refractivity contribution in [2.75, 3.05) is 6.61 Å². The smallest absolute Gasteiger partial charge is 0.202 e. The monoisotopic (exact) mass is 237 g/mol. The van der Waals surface area contributed by atoms with Gasteiger partial charge in [-0.2, -0.15) is 5.26 Å². The number of benzene rings is 1. The van der Waals surface area contributed by atoms with Crippen molar-refractivity contribution in [2.24, 2.45) is 5.16 Å². The van der Waals surface area contributed by atoms with E-state index in [1.54, 1.807) is 12.4 Å². The Morgan fingerprint density at radius 2 is 1.94 bits per heavy atom. The quantitative estimate of drug-likeness (QED) is 0.466. The van der Waals surface area contributed by atoms with Crippen molar-refractivity contribution < 1.29 is 4.84 Å². The summed E-state index contributed by atoms with van der Waals surface area (Å²) in [6, 6.07) is 15.2. The van der Waals surface area contributed by atoms with Crippen LogP contribution in [0.1, 0.15) is 11.1 Å². The van der Waals surface area contributed by atoms with Gasteiger partial charge in [0.25, 0.3) is 0 Å². The SMILES string of the molecule is N#CCON=C(c1ccccc1)c1cccnc1. The van der Waals surface area contributed by atoms with Crippen LogP contribution < -0.4 is 0 Å². The number of aromatic nitrogens is 1. The van der Waals surface area contributed by atoms with Gasteiger partial charge in [0.2, 0.25) is 6.61 Å². The highest BCUT2D eigenvalue weighted by Gasteiger charge is 2.07. The van der Waals surface area contributed by atoms with Gasteiger partial charge < -0.3 is 4.84 Å². The number of hydrogen-bond acceptors (Lipinski definition) is 4. The molecule has 0 fully saturated rings. The van der Waals surface area contributed by atoms with Gasteiger partial charge in [-0.1, -0.05) is 35.5 Å². The largest absolute Gasteiger partial charge is 0.380 e. The van der Waals surface area contributed by atoms with Crippen LogP contribution in [0.2, 0.25) is 0 Å². The fraction of sp³-hybridized carbons (Fsp3) is 0.0714. The van der Waals surface area contributed by atoms with Gasteiger partial charge in [-0.15, -0.1) is 0 Å². The molecular weight excluding hydrogens is 226 g/mol. The van der Waals surface area contributed by atoms with Gasteiger partial charge >= 0.3 is 0 Å². The lowest BCUT2D eigenvalue weighted by molar-refractivity contribution is 0.179. The molecule has 1 aromatic carbocycles. The molecule has 1 aromatic heterocycles. The van der Waals surface area contributed by atoms with Crippen LogP contribution in [0.25, 0.3) is 0 Å². The van der Waals surface area contributed by atoms with Crippen molar-refractivity contribution >= 4 is 5.71 Å². The Morgan fingerprint density at radius 3 is 2.61 bits per heavy atom. The first-order valence-electron chi connectivity index (χ1n) is 5.44. The number of pyridine rings is 1. The minimum Gasteiger partial charge on any atom is -0.380 e. The van der Waals surface area contributed by atoms with E-state index in [1.807, 2.05) is 48.5 Å². The molecule has 0 aliphatic carbocycles. The van der Waals surface area contributed by atoms with Gasteiger partial charge in [-0.05, 0) is 12.1 Å². The summed E-state index contributed by atoms with van der Waals surface area (Å²) in [6.07, 6.45) is 3.41. The molecule has 0 radical (unpaired) electrons. The molecule has 0 spiro atoms. The average molecular weight is 237 g/mol. The lowest BCUT2D eigenvalue weighted by atomic mass is 10.0. The summed E-state index contributed by atoms with van der Waals surface area (Å²) in [5, 5.41) is 12.5. The van der Waals surface area contributed by atoms with Gasteiger partial charge in [-0.3, -0.25) is 4.98 Å². The molecule has 0 atom stereocenters. The maximum absolute atomic E-state index is 8.46. The molecular formula is C14H11N3O. The van der Waals surface area contributed by atoms with E-state index < -0.39 is 0 Å². The summed E-state index contributed by atoms with van der Waals surface area (Å²) in [5.74, 6) is 0. The molecule has 4 heteroatoms. The first-order chi connectivity index (χ1) is 8.92. The highest BCUT2D eigenvalue weighted by Crippen LogP contribution is 2.10. The van der Waals surface area contributed by atoms with Crippen LogP contribution in [0.15, 0.2) is 60.0 Å². The number of rotatable bonds is 4. The van der Waals surface area contributed by atoms with Crippen molar-refractivity contribution in [3.63, 3.8) is 0 Å². The maximum Gasteiger partial charge on any atom is 0.202 e. The Kier molecular flexibility index (Phi) is 4.04. The number of nitriles is 1. The predicted octanol–water partition coefficient (Wildman–Crippen LogP) is 2.37. The summed E-state index contributed by atoms with van der Waals surface area (Å²) in [7, 11) is 0. The summed E-state index contributed by atoms with van der Waals surface area (Å²) < 4.78 is 0. The fourth-order valence-electron chi connectivity index (χ4n) is 1.50. The molecule has 0 saturated heterocycles. The third kappa shape index (κ3) is 2.92. The van der Waals surface area contributed by atoms with Crippen LogP contribution in [0, 0.1) is 11.3 Å². The zero-order valence-corrected chi connectivity index (χ0v) is 9.65. The number of oxime groups is 1. The predicted molar refractivity (Wildman–Crippen MR) is 67.9 cm³/mol. The van der Waals surface area contributed by atoms with Crippen molar-refractivity contribution in [3.05, 3.63) is 66.0 Å². The molecule has 0 aliphatic heterocycles. The van der Waals surface area contributed by atoms with Crippen molar-refractivity contribution in [1.29, 1.82) is 5.26 Å². The average Bonchev–Trinajstić information content (AvgIpc) is 2.46. The van der Waals surface area contributed by atoms with Crippen LogP contribution in [0.3, 0.4) is 0 Å². The summed E-state index contributed by atoms with van der Waals surface area (Å²) in [6.45, 7) is -0.0728. The van der Waals surface area contributed by atoms with E-state index >= 15 is 0 Å². The first-order valence-corrected chi connectivity index (χ1v) is 5.44. The minimum atomic E-state index is -0.0728.